The summed E-state index contributed by atoms with van der Waals surface area (Å²) in [7, 11) is 0. The monoisotopic (exact) mass is 240 g/mol. The molecule has 3 rings (SSSR count). The van der Waals surface area contributed by atoms with Crippen LogP contribution in [0, 0.1) is 5.41 Å². The Kier molecular flexibility index (Phi) is 2.75. The number of aliphatic hydroxyl groups excluding tert-OH is 1. The first kappa shape index (κ1) is 11.3. The van der Waals surface area contributed by atoms with E-state index < -0.39 is 0 Å². The summed E-state index contributed by atoms with van der Waals surface area (Å²) in [5, 5.41) is 15.0. The van der Waals surface area contributed by atoms with Gasteiger partial charge in [0, 0.05) is 12.0 Å². The Morgan fingerprint density at radius 1 is 1.41 bits per heavy atom. The summed E-state index contributed by atoms with van der Waals surface area (Å²) in [6.45, 7) is 0.752. The van der Waals surface area contributed by atoms with E-state index in [0.717, 1.165) is 32.1 Å². The first-order valence-electron chi connectivity index (χ1n) is 6.51. The molecule has 0 radical (unpaired) electrons. The number of aliphatic hydroxyl groups is 1. The van der Waals surface area contributed by atoms with Crippen LogP contribution in [0.2, 0.25) is 0 Å². The summed E-state index contributed by atoms with van der Waals surface area (Å²) in [5.74, 6) is 0. The van der Waals surface area contributed by atoms with Crippen LogP contribution in [0.4, 0.5) is 4.79 Å². The molecule has 2 heterocycles. The fourth-order valence-electron chi connectivity index (χ4n) is 2.84. The van der Waals surface area contributed by atoms with Crippen LogP contribution in [-0.2, 0) is 4.74 Å². The Bertz CT molecular complexity index is 317. The maximum Gasteiger partial charge on any atom is 0.315 e. The van der Waals surface area contributed by atoms with E-state index in [-0.39, 0.29) is 30.2 Å². The molecule has 3 N–H and O–H groups in total. The van der Waals surface area contributed by atoms with Gasteiger partial charge in [-0.3, -0.25) is 0 Å². The van der Waals surface area contributed by atoms with Gasteiger partial charge in [0.2, 0.25) is 0 Å². The molecule has 96 valence electrons. The average Bonchev–Trinajstić information content (AvgIpc) is 2.83. The first-order chi connectivity index (χ1) is 8.21. The molecule has 0 aromatic rings. The van der Waals surface area contributed by atoms with Crippen molar-refractivity contribution in [2.75, 3.05) is 13.2 Å². The third kappa shape index (κ3) is 2.26. The topological polar surface area (TPSA) is 70.6 Å². The van der Waals surface area contributed by atoms with E-state index in [1.54, 1.807) is 0 Å². The summed E-state index contributed by atoms with van der Waals surface area (Å²) < 4.78 is 5.68. The summed E-state index contributed by atoms with van der Waals surface area (Å²) in [6.07, 6.45) is 5.76. The number of rotatable bonds is 4. The molecule has 0 aromatic carbocycles. The van der Waals surface area contributed by atoms with Crippen LogP contribution in [0.3, 0.4) is 0 Å². The minimum atomic E-state index is -0.120. The number of ether oxygens (including phenoxy) is 1. The molecule has 3 fully saturated rings. The van der Waals surface area contributed by atoms with E-state index in [1.807, 2.05) is 0 Å². The van der Waals surface area contributed by atoms with Gasteiger partial charge < -0.3 is 20.5 Å². The molecule has 3 aliphatic rings. The lowest BCUT2D eigenvalue weighted by atomic mass is 9.96. The SMILES string of the molecule is O=C(NCC1(CO)CC1)NC1CC2CCC1O2. The van der Waals surface area contributed by atoms with Crippen molar-refractivity contribution in [1.29, 1.82) is 0 Å². The lowest BCUT2D eigenvalue weighted by molar-refractivity contribution is 0.0980. The molecule has 1 aliphatic carbocycles. The number of carbonyl (C=O) groups excluding carboxylic acids is 1. The molecular formula is C12H20N2O3. The third-order valence-corrected chi connectivity index (χ3v) is 4.34. The van der Waals surface area contributed by atoms with Crippen molar-refractivity contribution in [3.05, 3.63) is 0 Å². The zero-order valence-electron chi connectivity index (χ0n) is 9.95. The lowest BCUT2D eigenvalue weighted by Gasteiger charge is -2.21. The van der Waals surface area contributed by atoms with E-state index in [9.17, 15) is 4.79 Å². The molecule has 2 aliphatic heterocycles. The van der Waals surface area contributed by atoms with Crippen LogP contribution in [0.5, 0.6) is 0 Å². The maximum atomic E-state index is 11.7. The van der Waals surface area contributed by atoms with Gasteiger partial charge in [-0.25, -0.2) is 4.79 Å². The zero-order valence-corrected chi connectivity index (χ0v) is 9.95. The summed E-state index contributed by atoms with van der Waals surface area (Å²) in [6, 6.07) is 0.0592. The fourth-order valence-corrected chi connectivity index (χ4v) is 2.84. The van der Waals surface area contributed by atoms with Crippen molar-refractivity contribution in [3.63, 3.8) is 0 Å². The fraction of sp³-hybridized carbons (Fsp3) is 0.917. The number of carbonyl (C=O) groups is 1. The maximum absolute atomic E-state index is 11.7. The van der Waals surface area contributed by atoms with Crippen LogP contribution in [0.1, 0.15) is 32.1 Å². The third-order valence-electron chi connectivity index (χ3n) is 4.34. The Balaban J connectivity index is 1.42. The second-order valence-electron chi connectivity index (χ2n) is 5.70. The van der Waals surface area contributed by atoms with Gasteiger partial charge >= 0.3 is 6.03 Å². The van der Waals surface area contributed by atoms with Gasteiger partial charge in [0.1, 0.15) is 0 Å². The van der Waals surface area contributed by atoms with Crippen LogP contribution >= 0.6 is 0 Å². The molecule has 2 bridgehead atoms. The molecule has 2 saturated heterocycles. The molecule has 0 aromatic heterocycles. The largest absolute Gasteiger partial charge is 0.396 e. The first-order valence-corrected chi connectivity index (χ1v) is 6.51. The van der Waals surface area contributed by atoms with Crippen molar-refractivity contribution < 1.29 is 14.6 Å². The van der Waals surface area contributed by atoms with Gasteiger partial charge in [-0.05, 0) is 32.1 Å². The Labute approximate surface area is 101 Å². The van der Waals surface area contributed by atoms with Gasteiger partial charge in [0.05, 0.1) is 24.9 Å². The number of hydrogen-bond acceptors (Lipinski definition) is 3. The Hall–Kier alpha value is -0.810. The Morgan fingerprint density at radius 2 is 2.24 bits per heavy atom. The zero-order chi connectivity index (χ0) is 11.9. The molecule has 0 spiro atoms. The second kappa shape index (κ2) is 4.14. The molecule has 5 heteroatoms. The highest BCUT2D eigenvalue weighted by molar-refractivity contribution is 5.74. The summed E-state index contributed by atoms with van der Waals surface area (Å²) in [4.78, 5) is 11.7. The predicted molar refractivity (Wildman–Crippen MR) is 61.6 cm³/mol. The number of hydrogen-bond donors (Lipinski definition) is 3. The second-order valence-corrected chi connectivity index (χ2v) is 5.70. The lowest BCUT2D eigenvalue weighted by Crippen LogP contribution is -2.47. The van der Waals surface area contributed by atoms with Crippen LogP contribution in [0.25, 0.3) is 0 Å². The van der Waals surface area contributed by atoms with Crippen LogP contribution in [-0.4, -0.2) is 42.5 Å². The van der Waals surface area contributed by atoms with Crippen LogP contribution in [0.15, 0.2) is 0 Å². The average molecular weight is 240 g/mol. The quantitative estimate of drug-likeness (QED) is 0.665. The summed E-state index contributed by atoms with van der Waals surface area (Å²) in [5.41, 5.74) is -0.0253. The highest BCUT2D eigenvalue weighted by atomic mass is 16.5. The standard InChI is InChI=1S/C12H20N2O3/c15-7-12(3-4-12)6-13-11(16)14-9-5-8-1-2-10(9)17-8/h8-10,15H,1-7H2,(H2,13,14,16). The molecule has 1 saturated carbocycles. The van der Waals surface area contributed by atoms with Crippen molar-refractivity contribution in [3.8, 4) is 0 Å². The smallest absolute Gasteiger partial charge is 0.315 e. The molecule has 5 nitrogen and oxygen atoms in total. The number of fused-ring (bicyclic) bond motifs is 2. The molecule has 3 unspecified atom stereocenters. The van der Waals surface area contributed by atoms with E-state index in [0.29, 0.717) is 12.6 Å². The minimum Gasteiger partial charge on any atom is -0.396 e. The van der Waals surface area contributed by atoms with Crippen LogP contribution < -0.4 is 10.6 Å². The van der Waals surface area contributed by atoms with E-state index in [1.165, 1.54) is 0 Å². The van der Waals surface area contributed by atoms with Gasteiger partial charge in [-0.15, -0.1) is 0 Å². The molecular weight excluding hydrogens is 220 g/mol. The summed E-state index contributed by atoms with van der Waals surface area (Å²) >= 11 is 0. The van der Waals surface area contributed by atoms with Gasteiger partial charge in [0.25, 0.3) is 0 Å². The number of nitrogens with one attached hydrogen (secondary N) is 2. The molecule has 17 heavy (non-hydrogen) atoms. The van der Waals surface area contributed by atoms with Gasteiger partial charge in [0.15, 0.2) is 0 Å². The van der Waals surface area contributed by atoms with E-state index in [2.05, 4.69) is 10.6 Å². The molecule has 2 amide bonds. The minimum absolute atomic E-state index is 0.0253. The van der Waals surface area contributed by atoms with Crippen molar-refractivity contribution >= 4 is 6.03 Å². The van der Waals surface area contributed by atoms with Crippen molar-refractivity contribution in [2.24, 2.45) is 5.41 Å². The predicted octanol–water partition coefficient (Wildman–Crippen LogP) is 0.378. The van der Waals surface area contributed by atoms with Crippen molar-refractivity contribution in [1.82, 2.24) is 10.6 Å². The highest BCUT2D eigenvalue weighted by Crippen LogP contribution is 2.44. The van der Waals surface area contributed by atoms with Gasteiger partial charge in [-0.2, -0.15) is 0 Å². The van der Waals surface area contributed by atoms with E-state index in [4.69, 9.17) is 9.84 Å². The number of urea groups is 1. The van der Waals surface area contributed by atoms with E-state index >= 15 is 0 Å². The van der Waals surface area contributed by atoms with Crippen molar-refractivity contribution in [2.45, 2.75) is 50.4 Å². The Morgan fingerprint density at radius 3 is 2.76 bits per heavy atom. The normalized spacial score (nSPS) is 36.9. The highest BCUT2D eigenvalue weighted by Gasteiger charge is 2.43. The van der Waals surface area contributed by atoms with Gasteiger partial charge in [-0.1, -0.05) is 0 Å². The molecule has 3 atom stereocenters. The number of amides is 2.